The van der Waals surface area contributed by atoms with E-state index in [-0.39, 0.29) is 34.7 Å². The Morgan fingerprint density at radius 3 is 2.35 bits per heavy atom. The zero-order valence-corrected chi connectivity index (χ0v) is 23.2. The first-order valence-corrected chi connectivity index (χ1v) is 14.0. The number of hydrogen-bond acceptors (Lipinski definition) is 5. The van der Waals surface area contributed by atoms with Crippen molar-refractivity contribution in [1.29, 1.82) is 0 Å². The molecule has 0 saturated heterocycles. The van der Waals surface area contributed by atoms with Crippen LogP contribution in [0.5, 0.6) is 0 Å². The summed E-state index contributed by atoms with van der Waals surface area (Å²) < 4.78 is 32.1. The lowest BCUT2D eigenvalue weighted by Crippen LogP contribution is -2.42. The molecule has 2 heterocycles. The summed E-state index contributed by atoms with van der Waals surface area (Å²) in [6.45, 7) is 1.69. The molecule has 3 aromatic carbocycles. The van der Waals surface area contributed by atoms with E-state index in [4.69, 9.17) is 28.9 Å². The van der Waals surface area contributed by atoms with E-state index in [0.29, 0.717) is 15.7 Å². The van der Waals surface area contributed by atoms with Crippen LogP contribution in [0.25, 0.3) is 0 Å². The predicted molar refractivity (Wildman–Crippen MR) is 149 cm³/mol. The van der Waals surface area contributed by atoms with Crippen molar-refractivity contribution in [3.05, 3.63) is 93.0 Å². The van der Waals surface area contributed by atoms with Gasteiger partial charge in [0.1, 0.15) is 5.54 Å². The molecule has 3 N–H and O–H groups in total. The van der Waals surface area contributed by atoms with Crippen molar-refractivity contribution < 1.29 is 13.2 Å². The minimum Gasteiger partial charge on any atom is -0.397 e. The average molecular weight is 621 g/mol. The lowest BCUT2D eigenvalue weighted by molar-refractivity contribution is -0.124. The number of nitrogens with two attached hydrogens (primary N) is 1. The highest BCUT2D eigenvalue weighted by molar-refractivity contribution is 9.10. The molecule has 0 radical (unpaired) electrons. The second-order valence-electron chi connectivity index (χ2n) is 8.77. The molecule has 0 bridgehead atoms. The molecule has 5 rings (SSSR count). The molecule has 1 unspecified atom stereocenters. The summed E-state index contributed by atoms with van der Waals surface area (Å²) in [5.41, 5.74) is 6.30. The summed E-state index contributed by atoms with van der Waals surface area (Å²) >= 11 is 15.9. The van der Waals surface area contributed by atoms with E-state index in [9.17, 15) is 13.2 Å². The quantitative estimate of drug-likeness (QED) is 0.258. The zero-order valence-electron chi connectivity index (χ0n) is 19.3. The third-order valence-corrected chi connectivity index (χ3v) is 8.41. The molecule has 1 aliphatic heterocycles. The number of amides is 1. The van der Waals surface area contributed by atoms with Crippen molar-refractivity contribution in [3.8, 4) is 0 Å². The highest BCUT2D eigenvalue weighted by Crippen LogP contribution is 2.44. The van der Waals surface area contributed by atoms with Gasteiger partial charge in [-0.25, -0.2) is 9.88 Å². The largest absolute Gasteiger partial charge is 0.397 e. The van der Waals surface area contributed by atoms with Crippen LogP contribution in [0, 0.1) is 0 Å². The van der Waals surface area contributed by atoms with Gasteiger partial charge in [0, 0.05) is 20.9 Å². The maximum Gasteiger partial charge on any atom is 0.279 e. The first-order chi connectivity index (χ1) is 17.5. The first-order valence-electron chi connectivity index (χ1n) is 11.0. The van der Waals surface area contributed by atoms with E-state index in [1.165, 1.54) is 15.7 Å². The molecule has 0 spiro atoms. The van der Waals surface area contributed by atoms with Gasteiger partial charge in [-0.3, -0.25) is 14.1 Å². The number of para-hydroxylation sites is 2. The number of rotatable bonds is 6. The average Bonchev–Trinajstić information content (AvgIpc) is 3.35. The van der Waals surface area contributed by atoms with Crippen LogP contribution in [0.3, 0.4) is 0 Å². The lowest BCUT2D eigenvalue weighted by atomic mass is 9.92. The van der Waals surface area contributed by atoms with Crippen molar-refractivity contribution >= 4 is 78.1 Å². The molecule has 12 heteroatoms. The van der Waals surface area contributed by atoms with E-state index in [1.54, 1.807) is 49.4 Å². The molecule has 0 fully saturated rings. The van der Waals surface area contributed by atoms with Crippen LogP contribution < -0.4 is 15.4 Å². The van der Waals surface area contributed by atoms with Crippen LogP contribution in [-0.4, -0.2) is 23.9 Å². The van der Waals surface area contributed by atoms with Gasteiger partial charge in [-0.2, -0.15) is 8.42 Å². The minimum atomic E-state index is -4.20. The Morgan fingerprint density at radius 1 is 1.05 bits per heavy atom. The third kappa shape index (κ3) is 4.59. The molecular weight excluding hydrogens is 601 g/mol. The summed E-state index contributed by atoms with van der Waals surface area (Å²) in [5.74, 6) is -0.253. The predicted octanol–water partition coefficient (Wildman–Crippen LogP) is 5.97. The van der Waals surface area contributed by atoms with Crippen LogP contribution in [0.4, 0.5) is 23.0 Å². The number of sulfonamides is 1. The fourth-order valence-electron chi connectivity index (χ4n) is 4.41. The Kier molecular flexibility index (Phi) is 6.47. The van der Waals surface area contributed by atoms with E-state index in [0.717, 1.165) is 10.0 Å². The van der Waals surface area contributed by atoms with Crippen molar-refractivity contribution in [1.82, 2.24) is 9.55 Å². The normalized spacial score (nSPS) is 17.2. The van der Waals surface area contributed by atoms with Gasteiger partial charge in [-0.05, 0) is 55.0 Å². The van der Waals surface area contributed by atoms with Crippen LogP contribution in [0.15, 0.2) is 82.4 Å². The molecule has 0 aliphatic carbocycles. The zero-order chi connectivity index (χ0) is 26.5. The number of fused-ring (bicyclic) bond motifs is 1. The summed E-state index contributed by atoms with van der Waals surface area (Å²) in [6, 6.07) is 18.7. The Morgan fingerprint density at radius 2 is 1.70 bits per heavy atom. The molecule has 37 heavy (non-hydrogen) atoms. The number of carbonyl (C=O) groups excluding carboxylic acids is 1. The number of nitrogens with one attached hydrogen (secondary N) is 1. The summed E-state index contributed by atoms with van der Waals surface area (Å²) in [5, 5.41) is 0.460. The number of benzene rings is 3. The molecule has 1 amide bonds. The van der Waals surface area contributed by atoms with E-state index >= 15 is 0 Å². The second kappa shape index (κ2) is 9.36. The third-order valence-electron chi connectivity index (χ3n) is 6.12. The van der Waals surface area contributed by atoms with E-state index < -0.39 is 15.6 Å². The number of carbonyl (C=O) groups is 1. The van der Waals surface area contributed by atoms with Crippen molar-refractivity contribution in [2.45, 2.75) is 23.9 Å². The Hall–Kier alpha value is -3.05. The highest BCUT2D eigenvalue weighted by atomic mass is 79.9. The van der Waals surface area contributed by atoms with Crippen LogP contribution in [0.1, 0.15) is 12.5 Å². The summed E-state index contributed by atoms with van der Waals surface area (Å²) in [6.07, 6.45) is 1.42. The SMILES string of the molecule is CC1(Cc2ccc(Br)cc2)C(=O)N(c2cc(Cl)cc(Cl)c2)c2ncc(S(=O)(=O)Nc3ccccc3N)n21. The standard InChI is InChI=1S/C25H20BrCl2N5O3S/c1-25(13-15-6-8-16(26)9-7-15)23(34)32(19-11-17(27)10-18(28)12-19)24-30-14-22(33(24)25)37(35,36)31-21-5-3-2-4-20(21)29/h2-12,14,31H,13,29H2,1H3. The molecule has 1 atom stereocenters. The van der Waals surface area contributed by atoms with Gasteiger partial charge in [0.25, 0.3) is 15.9 Å². The Balaban J connectivity index is 1.68. The molecule has 4 aromatic rings. The number of hydrogen-bond donors (Lipinski definition) is 2. The molecule has 1 aliphatic rings. The van der Waals surface area contributed by atoms with Crippen molar-refractivity contribution in [2.75, 3.05) is 15.4 Å². The lowest BCUT2D eigenvalue weighted by Gasteiger charge is -2.27. The van der Waals surface area contributed by atoms with E-state index in [2.05, 4.69) is 25.6 Å². The number of anilines is 4. The van der Waals surface area contributed by atoms with Crippen LogP contribution in [0.2, 0.25) is 10.0 Å². The number of nitrogens with zero attached hydrogens (tertiary/aromatic N) is 3. The monoisotopic (exact) mass is 619 g/mol. The minimum absolute atomic E-state index is 0.129. The van der Waals surface area contributed by atoms with E-state index in [1.807, 2.05) is 24.3 Å². The van der Waals surface area contributed by atoms with Gasteiger partial charge in [-0.1, -0.05) is 63.4 Å². The molecule has 8 nitrogen and oxygen atoms in total. The molecular formula is C25H20BrCl2N5O3S. The van der Waals surface area contributed by atoms with Crippen LogP contribution >= 0.6 is 39.1 Å². The van der Waals surface area contributed by atoms with Crippen molar-refractivity contribution in [2.24, 2.45) is 0 Å². The fourth-order valence-corrected chi connectivity index (χ4v) is 6.48. The fraction of sp³-hybridized carbons (Fsp3) is 0.120. The maximum absolute atomic E-state index is 14.1. The maximum atomic E-state index is 14.1. The summed E-state index contributed by atoms with van der Waals surface area (Å²) in [4.78, 5) is 19.8. The molecule has 1 aromatic heterocycles. The second-order valence-corrected chi connectivity index (χ2v) is 12.2. The number of nitrogen functional groups attached to an aromatic ring is 1. The Bertz CT molecular complexity index is 1620. The highest BCUT2D eigenvalue weighted by Gasteiger charge is 2.51. The van der Waals surface area contributed by atoms with Gasteiger partial charge in [0.05, 0.1) is 23.3 Å². The number of halogens is 3. The first kappa shape index (κ1) is 25.6. The molecule has 190 valence electrons. The van der Waals surface area contributed by atoms with Gasteiger partial charge in [-0.15, -0.1) is 0 Å². The van der Waals surface area contributed by atoms with Gasteiger partial charge >= 0.3 is 0 Å². The number of aromatic nitrogens is 2. The smallest absolute Gasteiger partial charge is 0.279 e. The topological polar surface area (TPSA) is 110 Å². The summed E-state index contributed by atoms with van der Waals surface area (Å²) in [7, 11) is -4.20. The van der Waals surface area contributed by atoms with Crippen LogP contribution in [-0.2, 0) is 26.8 Å². The Labute approximate surface area is 232 Å². The van der Waals surface area contributed by atoms with Gasteiger partial charge < -0.3 is 5.73 Å². The van der Waals surface area contributed by atoms with Crippen molar-refractivity contribution in [3.63, 3.8) is 0 Å². The molecule has 0 saturated carbocycles. The van der Waals surface area contributed by atoms with Gasteiger partial charge in [0.2, 0.25) is 5.95 Å². The van der Waals surface area contributed by atoms with Gasteiger partial charge in [0.15, 0.2) is 5.03 Å². The number of imidazole rings is 1.